The van der Waals surface area contributed by atoms with Gasteiger partial charge < -0.3 is 14.5 Å². The standard InChI is InChI=1S/C17H22N4O3/c1-12-3-5-14(6-4-12)16-18-15(24-19-16)11-20-7-9-21(10-8-20)17(23)13(2)22/h3-6,13,22H,7-11H2,1-2H3. The average Bonchev–Trinajstić information content (AvgIpc) is 3.04. The van der Waals surface area contributed by atoms with E-state index in [2.05, 4.69) is 15.0 Å². The van der Waals surface area contributed by atoms with Gasteiger partial charge in [-0.15, -0.1) is 0 Å². The Morgan fingerprint density at radius 1 is 1.25 bits per heavy atom. The van der Waals surface area contributed by atoms with Crippen LogP contribution in [-0.2, 0) is 11.3 Å². The van der Waals surface area contributed by atoms with Gasteiger partial charge in [0.2, 0.25) is 11.7 Å². The predicted molar refractivity (Wildman–Crippen MR) is 88.0 cm³/mol. The smallest absolute Gasteiger partial charge is 0.251 e. The lowest BCUT2D eigenvalue weighted by Crippen LogP contribution is -2.50. The third-order valence-electron chi connectivity index (χ3n) is 4.18. The number of carbonyl (C=O) groups is 1. The number of hydrogen-bond donors (Lipinski definition) is 1. The van der Waals surface area contributed by atoms with Crippen molar-refractivity contribution in [1.82, 2.24) is 19.9 Å². The van der Waals surface area contributed by atoms with E-state index >= 15 is 0 Å². The van der Waals surface area contributed by atoms with E-state index < -0.39 is 6.10 Å². The maximum Gasteiger partial charge on any atom is 0.251 e. The molecule has 1 fully saturated rings. The highest BCUT2D eigenvalue weighted by atomic mass is 16.5. The summed E-state index contributed by atoms with van der Waals surface area (Å²) in [6.45, 7) is 6.75. The number of amides is 1. The van der Waals surface area contributed by atoms with Crippen molar-refractivity contribution >= 4 is 5.91 Å². The van der Waals surface area contributed by atoms with E-state index in [1.807, 2.05) is 31.2 Å². The predicted octanol–water partition coefficient (Wildman–Crippen LogP) is 1.07. The molecule has 0 saturated carbocycles. The number of benzene rings is 1. The number of aryl methyl sites for hydroxylation is 1. The van der Waals surface area contributed by atoms with E-state index in [1.54, 1.807) is 4.90 Å². The molecule has 7 heteroatoms. The number of aliphatic hydroxyl groups is 1. The summed E-state index contributed by atoms with van der Waals surface area (Å²) in [7, 11) is 0. The molecule has 1 aliphatic rings. The third-order valence-corrected chi connectivity index (χ3v) is 4.18. The summed E-state index contributed by atoms with van der Waals surface area (Å²) < 4.78 is 5.34. The van der Waals surface area contributed by atoms with Crippen LogP contribution in [0, 0.1) is 6.92 Å². The molecule has 1 amide bonds. The van der Waals surface area contributed by atoms with Crippen LogP contribution in [-0.4, -0.2) is 63.2 Å². The normalized spacial score (nSPS) is 17.0. The Hall–Kier alpha value is -2.25. The summed E-state index contributed by atoms with van der Waals surface area (Å²) in [5, 5.41) is 13.4. The first-order chi connectivity index (χ1) is 11.5. The molecular formula is C17H22N4O3. The highest BCUT2D eigenvalue weighted by Gasteiger charge is 2.24. The van der Waals surface area contributed by atoms with Crippen LogP contribution in [0.15, 0.2) is 28.8 Å². The molecule has 3 rings (SSSR count). The van der Waals surface area contributed by atoms with Gasteiger partial charge in [0, 0.05) is 31.7 Å². The Bertz CT molecular complexity index is 688. The van der Waals surface area contributed by atoms with Gasteiger partial charge in [0.1, 0.15) is 6.10 Å². The number of hydrogen-bond acceptors (Lipinski definition) is 6. The molecular weight excluding hydrogens is 308 g/mol. The van der Waals surface area contributed by atoms with Gasteiger partial charge in [0.25, 0.3) is 5.91 Å². The summed E-state index contributed by atoms with van der Waals surface area (Å²) >= 11 is 0. The first kappa shape index (κ1) is 16.6. The van der Waals surface area contributed by atoms with Crippen molar-refractivity contribution in [2.24, 2.45) is 0 Å². The number of carbonyl (C=O) groups excluding carboxylic acids is 1. The molecule has 1 unspecified atom stereocenters. The van der Waals surface area contributed by atoms with Crippen LogP contribution in [0.1, 0.15) is 18.4 Å². The second-order valence-electron chi connectivity index (χ2n) is 6.16. The molecule has 0 aliphatic carbocycles. The second kappa shape index (κ2) is 7.11. The van der Waals surface area contributed by atoms with Gasteiger partial charge in [-0.2, -0.15) is 4.98 Å². The van der Waals surface area contributed by atoms with Crippen molar-refractivity contribution in [1.29, 1.82) is 0 Å². The van der Waals surface area contributed by atoms with E-state index in [1.165, 1.54) is 12.5 Å². The van der Waals surface area contributed by atoms with Crippen molar-refractivity contribution in [2.75, 3.05) is 26.2 Å². The Labute approximate surface area is 140 Å². The van der Waals surface area contributed by atoms with Crippen LogP contribution in [0.3, 0.4) is 0 Å². The minimum atomic E-state index is -0.940. The van der Waals surface area contributed by atoms with Gasteiger partial charge in [-0.3, -0.25) is 9.69 Å². The molecule has 0 bridgehead atoms. The number of nitrogens with zero attached hydrogens (tertiary/aromatic N) is 4. The molecule has 7 nitrogen and oxygen atoms in total. The van der Waals surface area contributed by atoms with E-state index in [9.17, 15) is 9.90 Å². The Morgan fingerprint density at radius 3 is 2.54 bits per heavy atom. The Balaban J connectivity index is 1.56. The highest BCUT2D eigenvalue weighted by molar-refractivity contribution is 5.80. The van der Waals surface area contributed by atoms with E-state index in [4.69, 9.17) is 4.52 Å². The van der Waals surface area contributed by atoms with Crippen molar-refractivity contribution in [3.8, 4) is 11.4 Å². The van der Waals surface area contributed by atoms with Gasteiger partial charge in [-0.25, -0.2) is 0 Å². The summed E-state index contributed by atoms with van der Waals surface area (Å²) in [5.41, 5.74) is 2.12. The van der Waals surface area contributed by atoms with Crippen LogP contribution in [0.25, 0.3) is 11.4 Å². The molecule has 0 spiro atoms. The maximum absolute atomic E-state index is 11.8. The van der Waals surface area contributed by atoms with Gasteiger partial charge in [0.15, 0.2) is 0 Å². The molecule has 0 radical (unpaired) electrons. The summed E-state index contributed by atoms with van der Waals surface area (Å²) in [4.78, 5) is 20.1. The maximum atomic E-state index is 11.8. The fourth-order valence-corrected chi connectivity index (χ4v) is 2.72. The quantitative estimate of drug-likeness (QED) is 0.903. The van der Waals surface area contributed by atoms with E-state index in [0.29, 0.717) is 31.3 Å². The molecule has 1 saturated heterocycles. The fourth-order valence-electron chi connectivity index (χ4n) is 2.72. The van der Waals surface area contributed by atoms with Crippen molar-refractivity contribution in [3.05, 3.63) is 35.7 Å². The van der Waals surface area contributed by atoms with Crippen molar-refractivity contribution in [2.45, 2.75) is 26.5 Å². The minimum Gasteiger partial charge on any atom is -0.384 e. The van der Waals surface area contributed by atoms with Crippen LogP contribution >= 0.6 is 0 Å². The zero-order chi connectivity index (χ0) is 17.1. The SMILES string of the molecule is Cc1ccc(-c2noc(CN3CCN(C(=O)C(C)O)CC3)n2)cc1. The fraction of sp³-hybridized carbons (Fsp3) is 0.471. The van der Waals surface area contributed by atoms with Gasteiger partial charge >= 0.3 is 0 Å². The van der Waals surface area contributed by atoms with E-state index in [0.717, 1.165) is 18.7 Å². The van der Waals surface area contributed by atoms with Crippen LogP contribution < -0.4 is 0 Å². The zero-order valence-corrected chi connectivity index (χ0v) is 14.0. The summed E-state index contributed by atoms with van der Waals surface area (Å²) in [6.07, 6.45) is -0.940. The first-order valence-electron chi connectivity index (χ1n) is 8.12. The molecule has 2 aromatic rings. The topological polar surface area (TPSA) is 82.7 Å². The van der Waals surface area contributed by atoms with Crippen LogP contribution in [0.4, 0.5) is 0 Å². The Kier molecular flexibility index (Phi) is 4.92. The molecule has 128 valence electrons. The van der Waals surface area contributed by atoms with Gasteiger partial charge in [0.05, 0.1) is 6.54 Å². The lowest BCUT2D eigenvalue weighted by Gasteiger charge is -2.34. The van der Waals surface area contributed by atoms with Gasteiger partial charge in [-0.1, -0.05) is 35.0 Å². The zero-order valence-electron chi connectivity index (χ0n) is 14.0. The molecule has 1 atom stereocenters. The monoisotopic (exact) mass is 330 g/mol. The van der Waals surface area contributed by atoms with Crippen molar-refractivity contribution in [3.63, 3.8) is 0 Å². The first-order valence-corrected chi connectivity index (χ1v) is 8.12. The Morgan fingerprint density at radius 2 is 1.92 bits per heavy atom. The summed E-state index contributed by atoms with van der Waals surface area (Å²) in [6, 6.07) is 7.99. The molecule has 1 aliphatic heterocycles. The average molecular weight is 330 g/mol. The third kappa shape index (κ3) is 3.80. The summed E-state index contributed by atoms with van der Waals surface area (Å²) in [5.74, 6) is 0.947. The second-order valence-corrected chi connectivity index (χ2v) is 6.16. The lowest BCUT2D eigenvalue weighted by atomic mass is 10.1. The lowest BCUT2D eigenvalue weighted by molar-refractivity contribution is -0.141. The number of piperazine rings is 1. The largest absolute Gasteiger partial charge is 0.384 e. The van der Waals surface area contributed by atoms with Crippen LogP contribution in [0.2, 0.25) is 0 Å². The molecule has 1 aromatic heterocycles. The van der Waals surface area contributed by atoms with E-state index in [-0.39, 0.29) is 5.91 Å². The number of rotatable bonds is 4. The van der Waals surface area contributed by atoms with Gasteiger partial charge in [-0.05, 0) is 13.8 Å². The molecule has 2 heterocycles. The van der Waals surface area contributed by atoms with Crippen molar-refractivity contribution < 1.29 is 14.4 Å². The highest BCUT2D eigenvalue weighted by Crippen LogP contribution is 2.17. The molecule has 1 aromatic carbocycles. The number of aliphatic hydroxyl groups excluding tert-OH is 1. The van der Waals surface area contributed by atoms with Crippen LogP contribution in [0.5, 0.6) is 0 Å². The minimum absolute atomic E-state index is 0.214. The molecule has 24 heavy (non-hydrogen) atoms. The number of aromatic nitrogens is 2. The molecule has 1 N–H and O–H groups in total.